The summed E-state index contributed by atoms with van der Waals surface area (Å²) in [6.07, 6.45) is 4.58. The third-order valence-electron chi connectivity index (χ3n) is 3.98. The van der Waals surface area contributed by atoms with Gasteiger partial charge in [-0.2, -0.15) is 10.4 Å². The zero-order valence-corrected chi connectivity index (χ0v) is 13.9. The predicted molar refractivity (Wildman–Crippen MR) is 97.6 cm³/mol. The number of H-pyrrole nitrogens is 1. The lowest BCUT2D eigenvalue weighted by molar-refractivity contribution is 0.464. The largest absolute Gasteiger partial charge is 0.439 e. The number of nitrogens with zero attached hydrogens (tertiary/aromatic N) is 4. The van der Waals surface area contributed by atoms with E-state index in [4.69, 9.17) is 10.00 Å². The predicted octanol–water partition coefficient (Wildman–Crippen LogP) is 4.27. The van der Waals surface area contributed by atoms with Gasteiger partial charge in [0, 0.05) is 47.9 Å². The average molecular weight is 341 g/mol. The molecule has 4 rings (SSSR count). The summed E-state index contributed by atoms with van der Waals surface area (Å²) in [6.45, 7) is 0. The number of aromatic amines is 1. The SMILES string of the molecule is N#CCCc1ccc2cc(Oc3ccc(-c4ccn[nH]4)cn3)ccc2n1. The minimum atomic E-state index is 0.472. The molecule has 126 valence electrons. The van der Waals surface area contributed by atoms with Crippen LogP contribution in [0.3, 0.4) is 0 Å². The normalized spacial score (nSPS) is 10.6. The number of pyridine rings is 2. The molecule has 4 aromatic rings. The smallest absolute Gasteiger partial charge is 0.219 e. The van der Waals surface area contributed by atoms with Crippen LogP contribution < -0.4 is 4.74 Å². The van der Waals surface area contributed by atoms with E-state index in [1.807, 2.05) is 48.5 Å². The summed E-state index contributed by atoms with van der Waals surface area (Å²) in [5.74, 6) is 1.22. The molecule has 0 amide bonds. The van der Waals surface area contributed by atoms with E-state index in [0.29, 0.717) is 24.5 Å². The second-order valence-electron chi connectivity index (χ2n) is 5.77. The van der Waals surface area contributed by atoms with Gasteiger partial charge in [0.05, 0.1) is 17.3 Å². The molecule has 0 aliphatic heterocycles. The first-order valence-electron chi connectivity index (χ1n) is 8.22. The van der Waals surface area contributed by atoms with Gasteiger partial charge in [-0.05, 0) is 36.4 Å². The Morgan fingerprint density at radius 3 is 2.81 bits per heavy atom. The first-order chi connectivity index (χ1) is 12.8. The van der Waals surface area contributed by atoms with E-state index in [9.17, 15) is 0 Å². The molecule has 0 fully saturated rings. The fourth-order valence-electron chi connectivity index (χ4n) is 2.67. The maximum atomic E-state index is 8.68. The fourth-order valence-corrected chi connectivity index (χ4v) is 2.67. The van der Waals surface area contributed by atoms with E-state index in [1.165, 1.54) is 0 Å². The number of nitrogens with one attached hydrogen (secondary N) is 1. The van der Waals surface area contributed by atoms with Crippen LogP contribution in [0.1, 0.15) is 12.1 Å². The van der Waals surface area contributed by atoms with E-state index in [1.54, 1.807) is 12.4 Å². The molecule has 1 aromatic carbocycles. The van der Waals surface area contributed by atoms with Crippen molar-refractivity contribution in [3.05, 3.63) is 66.6 Å². The number of hydrogen-bond donors (Lipinski definition) is 1. The number of nitriles is 1. The van der Waals surface area contributed by atoms with E-state index >= 15 is 0 Å². The molecule has 3 heterocycles. The van der Waals surface area contributed by atoms with Crippen LogP contribution in [-0.4, -0.2) is 20.2 Å². The number of rotatable bonds is 5. The Balaban J connectivity index is 1.52. The van der Waals surface area contributed by atoms with Crippen molar-refractivity contribution in [2.45, 2.75) is 12.8 Å². The van der Waals surface area contributed by atoms with Gasteiger partial charge < -0.3 is 4.74 Å². The van der Waals surface area contributed by atoms with Crippen LogP contribution in [0.2, 0.25) is 0 Å². The summed E-state index contributed by atoms with van der Waals surface area (Å²) >= 11 is 0. The Bertz CT molecular complexity index is 1070. The van der Waals surface area contributed by atoms with Crippen molar-refractivity contribution < 1.29 is 4.74 Å². The molecule has 0 atom stereocenters. The van der Waals surface area contributed by atoms with Gasteiger partial charge in [0.15, 0.2) is 0 Å². The van der Waals surface area contributed by atoms with Crippen LogP contribution in [0.25, 0.3) is 22.2 Å². The first kappa shape index (κ1) is 15.8. The van der Waals surface area contributed by atoms with Crippen molar-refractivity contribution in [3.8, 4) is 29.0 Å². The maximum Gasteiger partial charge on any atom is 0.219 e. The zero-order chi connectivity index (χ0) is 17.8. The summed E-state index contributed by atoms with van der Waals surface area (Å²) < 4.78 is 5.85. The highest BCUT2D eigenvalue weighted by Crippen LogP contribution is 2.25. The molecular formula is C20H15N5O. The van der Waals surface area contributed by atoms with E-state index in [2.05, 4.69) is 26.2 Å². The number of aromatic nitrogens is 4. The summed E-state index contributed by atoms with van der Waals surface area (Å²) in [7, 11) is 0. The van der Waals surface area contributed by atoms with E-state index in [-0.39, 0.29) is 0 Å². The van der Waals surface area contributed by atoms with Crippen molar-refractivity contribution in [1.29, 1.82) is 5.26 Å². The van der Waals surface area contributed by atoms with Gasteiger partial charge in [-0.25, -0.2) is 4.98 Å². The van der Waals surface area contributed by atoms with Gasteiger partial charge >= 0.3 is 0 Å². The minimum absolute atomic E-state index is 0.472. The third-order valence-corrected chi connectivity index (χ3v) is 3.98. The molecule has 3 aromatic heterocycles. The summed E-state index contributed by atoms with van der Waals surface area (Å²) in [6, 6.07) is 17.4. The molecule has 0 unspecified atom stereocenters. The molecule has 0 saturated carbocycles. The summed E-state index contributed by atoms with van der Waals surface area (Å²) in [5, 5.41) is 16.5. The Kier molecular flexibility index (Phi) is 4.27. The maximum absolute atomic E-state index is 8.68. The van der Waals surface area contributed by atoms with E-state index < -0.39 is 0 Å². The molecule has 6 nitrogen and oxygen atoms in total. The van der Waals surface area contributed by atoms with Crippen molar-refractivity contribution in [2.24, 2.45) is 0 Å². The number of fused-ring (bicyclic) bond motifs is 1. The fraction of sp³-hybridized carbons (Fsp3) is 0.100. The second kappa shape index (κ2) is 7.03. The average Bonchev–Trinajstić information content (AvgIpc) is 3.22. The zero-order valence-electron chi connectivity index (χ0n) is 13.9. The lowest BCUT2D eigenvalue weighted by Gasteiger charge is -2.07. The highest BCUT2D eigenvalue weighted by atomic mass is 16.5. The van der Waals surface area contributed by atoms with Crippen LogP contribution >= 0.6 is 0 Å². The molecule has 6 heteroatoms. The molecule has 0 aliphatic rings. The molecule has 26 heavy (non-hydrogen) atoms. The van der Waals surface area contributed by atoms with Crippen molar-refractivity contribution in [2.75, 3.05) is 0 Å². The lowest BCUT2D eigenvalue weighted by atomic mass is 10.1. The van der Waals surface area contributed by atoms with Crippen LogP contribution in [0.4, 0.5) is 0 Å². The van der Waals surface area contributed by atoms with Gasteiger partial charge in [0.25, 0.3) is 0 Å². The highest BCUT2D eigenvalue weighted by molar-refractivity contribution is 5.80. The number of ether oxygens (including phenoxy) is 1. The van der Waals surface area contributed by atoms with Crippen LogP contribution in [0.5, 0.6) is 11.6 Å². The Morgan fingerprint density at radius 1 is 1.08 bits per heavy atom. The van der Waals surface area contributed by atoms with Gasteiger partial charge in [-0.3, -0.25) is 10.1 Å². The first-order valence-corrected chi connectivity index (χ1v) is 8.22. The molecule has 0 bridgehead atoms. The van der Waals surface area contributed by atoms with Gasteiger partial charge in [-0.15, -0.1) is 0 Å². The van der Waals surface area contributed by atoms with Crippen LogP contribution in [0, 0.1) is 11.3 Å². The van der Waals surface area contributed by atoms with Crippen LogP contribution in [0.15, 0.2) is 60.9 Å². The van der Waals surface area contributed by atoms with Crippen LogP contribution in [-0.2, 0) is 6.42 Å². The highest BCUT2D eigenvalue weighted by Gasteiger charge is 2.05. The van der Waals surface area contributed by atoms with E-state index in [0.717, 1.165) is 27.9 Å². The Hall–Kier alpha value is -3.72. The standard InChI is InChI=1S/C20H15N5O/c21-10-1-2-16-5-3-14-12-17(6-7-18(14)24-16)26-20-8-4-15(13-22-20)19-9-11-23-25-19/h3-9,11-13H,1-2H2,(H,23,25). The van der Waals surface area contributed by atoms with Gasteiger partial charge in [0.1, 0.15) is 5.75 Å². The minimum Gasteiger partial charge on any atom is -0.439 e. The number of benzene rings is 1. The Labute approximate surface area is 150 Å². The molecule has 0 radical (unpaired) electrons. The molecule has 0 saturated heterocycles. The van der Waals surface area contributed by atoms with Gasteiger partial charge in [-0.1, -0.05) is 6.07 Å². The Morgan fingerprint density at radius 2 is 2.04 bits per heavy atom. The summed E-state index contributed by atoms with van der Waals surface area (Å²) in [5.41, 5.74) is 3.66. The lowest BCUT2D eigenvalue weighted by Crippen LogP contribution is -1.92. The topological polar surface area (TPSA) is 87.5 Å². The molecular weight excluding hydrogens is 326 g/mol. The van der Waals surface area contributed by atoms with Crippen molar-refractivity contribution >= 4 is 10.9 Å². The van der Waals surface area contributed by atoms with Crippen molar-refractivity contribution in [3.63, 3.8) is 0 Å². The second-order valence-corrected chi connectivity index (χ2v) is 5.77. The van der Waals surface area contributed by atoms with Gasteiger partial charge in [0.2, 0.25) is 5.88 Å². The third kappa shape index (κ3) is 3.37. The quantitative estimate of drug-likeness (QED) is 0.586. The molecule has 1 N–H and O–H groups in total. The number of hydrogen-bond acceptors (Lipinski definition) is 5. The summed E-state index contributed by atoms with van der Waals surface area (Å²) in [4.78, 5) is 8.91. The number of aryl methyl sites for hydroxylation is 1. The molecule has 0 spiro atoms. The monoisotopic (exact) mass is 341 g/mol. The van der Waals surface area contributed by atoms with Crippen molar-refractivity contribution in [1.82, 2.24) is 20.2 Å². The molecule has 0 aliphatic carbocycles.